The van der Waals surface area contributed by atoms with Crippen molar-refractivity contribution in [2.45, 2.75) is 38.4 Å². The number of anilines is 2. The van der Waals surface area contributed by atoms with Crippen LogP contribution in [0.25, 0.3) is 10.9 Å². The zero-order valence-electron chi connectivity index (χ0n) is 19.0. The Balaban J connectivity index is 1.50. The average Bonchev–Trinajstić information content (AvgIpc) is 3.09. The molecule has 1 amide bonds. The van der Waals surface area contributed by atoms with E-state index in [4.69, 9.17) is 4.74 Å². The largest absolute Gasteiger partial charge is 0.416 e. The molecule has 7 nitrogen and oxygen atoms in total. The molecule has 3 heterocycles. The number of carbonyl (C=O) groups is 1. The smallest absolute Gasteiger partial charge is 0.378 e. The average molecular weight is 486 g/mol. The van der Waals surface area contributed by atoms with Gasteiger partial charge in [-0.05, 0) is 49.2 Å². The number of fused-ring (bicyclic) bond motifs is 2. The number of alkyl halides is 3. The number of aryl methyl sites for hydroxylation is 1. The summed E-state index contributed by atoms with van der Waals surface area (Å²) in [5.41, 5.74) is 0.215. The number of benzene rings is 2. The van der Waals surface area contributed by atoms with Crippen molar-refractivity contribution in [2.75, 3.05) is 36.5 Å². The second-order valence-corrected chi connectivity index (χ2v) is 8.81. The Hall–Kier alpha value is -3.40. The molecule has 0 saturated carbocycles. The lowest BCUT2D eigenvalue weighted by atomic mass is 10.1. The second-order valence-electron chi connectivity index (χ2n) is 8.81. The number of hydrogen-bond donors (Lipinski definition) is 1. The van der Waals surface area contributed by atoms with Crippen LogP contribution in [0, 0.1) is 0 Å². The summed E-state index contributed by atoms with van der Waals surface area (Å²) in [5, 5.41) is 3.07. The van der Waals surface area contributed by atoms with Gasteiger partial charge in [0.2, 0.25) is 0 Å². The molecule has 1 N–H and O–H groups in total. The van der Waals surface area contributed by atoms with Crippen molar-refractivity contribution in [2.24, 2.45) is 0 Å². The van der Waals surface area contributed by atoms with Gasteiger partial charge >= 0.3 is 6.18 Å². The van der Waals surface area contributed by atoms with Crippen LogP contribution in [0.15, 0.2) is 41.2 Å². The quantitative estimate of drug-likeness (QED) is 0.600. The minimum absolute atomic E-state index is 0.0711. The fourth-order valence-corrected chi connectivity index (χ4v) is 4.65. The number of halogens is 3. The van der Waals surface area contributed by atoms with Crippen LogP contribution in [-0.2, 0) is 23.9 Å². The van der Waals surface area contributed by atoms with Crippen LogP contribution in [-0.4, -0.2) is 41.8 Å². The molecule has 2 aromatic carbocycles. The van der Waals surface area contributed by atoms with Crippen molar-refractivity contribution >= 4 is 28.2 Å². The first-order valence-electron chi connectivity index (χ1n) is 11.7. The van der Waals surface area contributed by atoms with Gasteiger partial charge in [-0.2, -0.15) is 13.2 Å². The van der Waals surface area contributed by atoms with Gasteiger partial charge < -0.3 is 15.0 Å². The number of aromatic nitrogens is 2. The standard InChI is InChI=1S/C25H25F3N4O3/c26-25(27,28)17-6-8-21(31-10-12-35-13-11-31)20(15-17)30-23(33)16-5-7-18-19(14-16)29-22-4-2-1-3-9-32(22)24(18)34/h5-8,14-15H,1-4,9-13H2,(H,30,33). The molecule has 0 aliphatic carbocycles. The molecular weight excluding hydrogens is 461 g/mol. The molecule has 0 unspecified atom stereocenters. The molecule has 35 heavy (non-hydrogen) atoms. The number of morpholine rings is 1. The second kappa shape index (κ2) is 9.33. The molecule has 3 aromatic rings. The SMILES string of the molecule is O=C(Nc1cc(C(F)(F)F)ccc1N1CCOCC1)c1ccc2c(=O)n3c(nc2c1)CCCCC3. The third-order valence-electron chi connectivity index (χ3n) is 6.50. The molecule has 0 bridgehead atoms. The lowest BCUT2D eigenvalue weighted by Crippen LogP contribution is -2.36. The van der Waals surface area contributed by atoms with Crippen LogP contribution in [0.4, 0.5) is 24.5 Å². The van der Waals surface area contributed by atoms with Gasteiger partial charge in [-0.3, -0.25) is 14.2 Å². The predicted molar refractivity (Wildman–Crippen MR) is 126 cm³/mol. The Morgan fingerprint density at radius 2 is 1.80 bits per heavy atom. The minimum Gasteiger partial charge on any atom is -0.378 e. The van der Waals surface area contributed by atoms with E-state index < -0.39 is 17.6 Å². The molecule has 10 heteroatoms. The van der Waals surface area contributed by atoms with Crippen molar-refractivity contribution in [1.29, 1.82) is 0 Å². The minimum atomic E-state index is -4.55. The Morgan fingerprint density at radius 3 is 2.57 bits per heavy atom. The van der Waals surface area contributed by atoms with E-state index in [-0.39, 0.29) is 16.8 Å². The Labute approximate surface area is 199 Å². The highest BCUT2D eigenvalue weighted by atomic mass is 19.4. The van der Waals surface area contributed by atoms with E-state index in [0.29, 0.717) is 61.7 Å². The number of amides is 1. The molecule has 0 atom stereocenters. The summed E-state index contributed by atoms with van der Waals surface area (Å²) in [4.78, 5) is 32.6. The molecule has 2 aliphatic rings. The fraction of sp³-hybridized carbons (Fsp3) is 0.400. The van der Waals surface area contributed by atoms with Gasteiger partial charge in [0, 0.05) is 31.6 Å². The molecule has 2 aliphatic heterocycles. The molecule has 0 spiro atoms. The number of nitrogens with one attached hydrogen (secondary N) is 1. The lowest BCUT2D eigenvalue weighted by Gasteiger charge is -2.31. The van der Waals surface area contributed by atoms with Crippen LogP contribution in [0.1, 0.15) is 41.0 Å². The van der Waals surface area contributed by atoms with Gasteiger partial charge in [-0.1, -0.05) is 6.42 Å². The molecule has 5 rings (SSSR count). The Morgan fingerprint density at radius 1 is 1.00 bits per heavy atom. The zero-order valence-corrected chi connectivity index (χ0v) is 19.0. The maximum absolute atomic E-state index is 13.4. The van der Waals surface area contributed by atoms with Gasteiger partial charge in [-0.15, -0.1) is 0 Å². The van der Waals surface area contributed by atoms with Crippen LogP contribution < -0.4 is 15.8 Å². The fourth-order valence-electron chi connectivity index (χ4n) is 4.65. The molecule has 1 fully saturated rings. The van der Waals surface area contributed by atoms with Crippen molar-refractivity contribution in [1.82, 2.24) is 9.55 Å². The summed E-state index contributed by atoms with van der Waals surface area (Å²) in [6, 6.07) is 7.94. The van der Waals surface area contributed by atoms with E-state index in [1.807, 2.05) is 4.90 Å². The molecule has 1 aromatic heterocycles. The van der Waals surface area contributed by atoms with Crippen LogP contribution in [0.2, 0.25) is 0 Å². The van der Waals surface area contributed by atoms with Crippen molar-refractivity contribution in [3.8, 4) is 0 Å². The first-order chi connectivity index (χ1) is 16.8. The number of nitrogens with zero attached hydrogens (tertiary/aromatic N) is 3. The van der Waals surface area contributed by atoms with Gasteiger partial charge in [0.05, 0.1) is 41.1 Å². The Kier molecular flexibility index (Phi) is 6.22. The number of carbonyl (C=O) groups excluding carboxylic acids is 1. The summed E-state index contributed by atoms with van der Waals surface area (Å²) >= 11 is 0. The monoisotopic (exact) mass is 486 g/mol. The highest BCUT2D eigenvalue weighted by Gasteiger charge is 2.32. The lowest BCUT2D eigenvalue weighted by molar-refractivity contribution is -0.137. The van der Waals surface area contributed by atoms with E-state index in [9.17, 15) is 22.8 Å². The van der Waals surface area contributed by atoms with Crippen LogP contribution in [0.5, 0.6) is 0 Å². The number of hydrogen-bond acceptors (Lipinski definition) is 5. The topological polar surface area (TPSA) is 76.5 Å². The van der Waals surface area contributed by atoms with Crippen molar-refractivity contribution < 1.29 is 22.7 Å². The Bertz CT molecular complexity index is 1330. The number of ether oxygens (including phenoxy) is 1. The summed E-state index contributed by atoms with van der Waals surface area (Å²) in [6.07, 6.45) is -0.971. The highest BCUT2D eigenvalue weighted by molar-refractivity contribution is 6.07. The number of rotatable bonds is 3. The van der Waals surface area contributed by atoms with Crippen LogP contribution >= 0.6 is 0 Å². The summed E-state index contributed by atoms with van der Waals surface area (Å²) in [5.74, 6) is 0.127. The van der Waals surface area contributed by atoms with Gasteiger partial charge in [0.25, 0.3) is 11.5 Å². The van der Waals surface area contributed by atoms with Crippen molar-refractivity contribution in [3.05, 3.63) is 63.7 Å². The van der Waals surface area contributed by atoms with Crippen molar-refractivity contribution in [3.63, 3.8) is 0 Å². The summed E-state index contributed by atoms with van der Waals surface area (Å²) in [7, 11) is 0. The maximum Gasteiger partial charge on any atom is 0.416 e. The third kappa shape index (κ3) is 4.75. The van der Waals surface area contributed by atoms with Gasteiger partial charge in [0.15, 0.2) is 0 Å². The maximum atomic E-state index is 13.4. The first-order valence-corrected chi connectivity index (χ1v) is 11.7. The van der Waals surface area contributed by atoms with E-state index in [1.54, 1.807) is 10.6 Å². The molecule has 184 valence electrons. The van der Waals surface area contributed by atoms with Crippen LogP contribution in [0.3, 0.4) is 0 Å². The summed E-state index contributed by atoms with van der Waals surface area (Å²) in [6.45, 7) is 2.53. The van der Waals surface area contributed by atoms with E-state index in [0.717, 1.165) is 31.4 Å². The van der Waals surface area contributed by atoms with E-state index >= 15 is 0 Å². The third-order valence-corrected chi connectivity index (χ3v) is 6.50. The zero-order chi connectivity index (χ0) is 24.6. The highest BCUT2D eigenvalue weighted by Crippen LogP contribution is 2.36. The molecule has 0 radical (unpaired) electrons. The van der Waals surface area contributed by atoms with E-state index in [1.165, 1.54) is 18.2 Å². The van der Waals surface area contributed by atoms with Gasteiger partial charge in [-0.25, -0.2) is 4.98 Å². The predicted octanol–water partition coefficient (Wildman–Crippen LogP) is 4.23. The molecular formula is C25H25F3N4O3. The summed E-state index contributed by atoms with van der Waals surface area (Å²) < 4.78 is 47.2. The normalized spacial score (nSPS) is 16.6. The van der Waals surface area contributed by atoms with Gasteiger partial charge in [0.1, 0.15) is 5.82 Å². The van der Waals surface area contributed by atoms with E-state index in [2.05, 4.69) is 10.3 Å². The molecule has 1 saturated heterocycles. The first kappa shape index (κ1) is 23.3.